The number of carbonyl (C=O) groups is 1. The van der Waals surface area contributed by atoms with Crippen molar-refractivity contribution in [3.63, 3.8) is 0 Å². The van der Waals surface area contributed by atoms with Crippen molar-refractivity contribution in [2.45, 2.75) is 23.9 Å². The fourth-order valence-electron chi connectivity index (χ4n) is 2.13. The van der Waals surface area contributed by atoms with Gasteiger partial charge in [-0.1, -0.05) is 31.7 Å². The molecule has 0 aliphatic heterocycles. The summed E-state index contributed by atoms with van der Waals surface area (Å²) in [6.45, 7) is 4.36. The zero-order valence-corrected chi connectivity index (χ0v) is 15.7. The molecule has 134 valence electrons. The van der Waals surface area contributed by atoms with Gasteiger partial charge in [-0.15, -0.1) is 0 Å². The van der Waals surface area contributed by atoms with Crippen molar-refractivity contribution < 1.29 is 13.2 Å². The molecule has 0 fully saturated rings. The van der Waals surface area contributed by atoms with Gasteiger partial charge in [0, 0.05) is 31.2 Å². The van der Waals surface area contributed by atoms with E-state index in [0.29, 0.717) is 23.9 Å². The van der Waals surface area contributed by atoms with Gasteiger partial charge in [-0.2, -0.15) is 4.31 Å². The summed E-state index contributed by atoms with van der Waals surface area (Å²) in [6, 6.07) is 7.96. The lowest BCUT2D eigenvalue weighted by Gasteiger charge is -2.18. The Morgan fingerprint density at radius 3 is 2.48 bits per heavy atom. The normalized spacial score (nSPS) is 11.5. The largest absolute Gasteiger partial charge is 0.325 e. The Bertz CT molecular complexity index is 809. The number of amides is 1. The molecule has 0 spiro atoms. The molecule has 1 aromatic heterocycles. The predicted octanol–water partition coefficient (Wildman–Crippen LogP) is 2.24. The van der Waals surface area contributed by atoms with Crippen molar-refractivity contribution in [2.24, 2.45) is 0 Å². The molecule has 0 saturated heterocycles. The van der Waals surface area contributed by atoms with Crippen LogP contribution in [0.25, 0.3) is 0 Å². The van der Waals surface area contributed by atoms with Crippen LogP contribution in [0.2, 0.25) is 0 Å². The average Bonchev–Trinajstić information content (AvgIpc) is 2.62. The van der Waals surface area contributed by atoms with Crippen LogP contribution in [0.5, 0.6) is 0 Å². The van der Waals surface area contributed by atoms with E-state index in [-0.39, 0.29) is 16.6 Å². The van der Waals surface area contributed by atoms with E-state index < -0.39 is 10.0 Å². The van der Waals surface area contributed by atoms with E-state index in [9.17, 15) is 13.2 Å². The number of hydrogen-bond acceptors (Lipinski definition) is 6. The third-order valence-electron chi connectivity index (χ3n) is 3.34. The number of carbonyl (C=O) groups excluding carboxylic acids is 1. The van der Waals surface area contributed by atoms with Gasteiger partial charge in [-0.3, -0.25) is 4.79 Å². The Balaban J connectivity index is 2.05. The van der Waals surface area contributed by atoms with Crippen LogP contribution in [0, 0.1) is 0 Å². The molecule has 2 aromatic rings. The summed E-state index contributed by atoms with van der Waals surface area (Å²) in [6.07, 6.45) is 3.21. The summed E-state index contributed by atoms with van der Waals surface area (Å²) in [5.74, 6) is -0.119. The zero-order chi connectivity index (χ0) is 18.3. The molecule has 0 aliphatic carbocycles. The fraction of sp³-hybridized carbons (Fsp3) is 0.312. The molecule has 0 radical (unpaired) electrons. The minimum Gasteiger partial charge on any atom is -0.325 e. The van der Waals surface area contributed by atoms with Gasteiger partial charge in [0.1, 0.15) is 0 Å². The smallest absolute Gasteiger partial charge is 0.243 e. The van der Waals surface area contributed by atoms with Gasteiger partial charge in [-0.25, -0.2) is 18.4 Å². The second-order valence-corrected chi connectivity index (χ2v) is 7.87. The first-order valence-electron chi connectivity index (χ1n) is 7.77. The standard InChI is InChI=1S/C16H20N4O3S2/c1-3-20(4-2)25(22,23)14-8-5-7-13(11-14)19-15(21)12-24-16-17-9-6-10-18-16/h5-11H,3-4,12H2,1-2H3,(H,19,21). The number of benzene rings is 1. The molecule has 1 heterocycles. The highest BCUT2D eigenvalue weighted by molar-refractivity contribution is 7.99. The molecule has 0 unspecified atom stereocenters. The first-order valence-corrected chi connectivity index (χ1v) is 10.2. The number of aromatic nitrogens is 2. The highest BCUT2D eigenvalue weighted by Crippen LogP contribution is 2.20. The van der Waals surface area contributed by atoms with Crippen LogP contribution in [0.3, 0.4) is 0 Å². The van der Waals surface area contributed by atoms with Crippen LogP contribution in [-0.4, -0.2) is 47.4 Å². The van der Waals surface area contributed by atoms with E-state index in [4.69, 9.17) is 0 Å². The SMILES string of the molecule is CCN(CC)S(=O)(=O)c1cccc(NC(=O)CSc2ncccn2)c1. The second kappa shape index (κ2) is 8.93. The summed E-state index contributed by atoms with van der Waals surface area (Å²) in [5.41, 5.74) is 0.438. The van der Waals surface area contributed by atoms with E-state index in [1.807, 2.05) is 0 Å². The van der Waals surface area contributed by atoms with Crippen LogP contribution in [-0.2, 0) is 14.8 Å². The zero-order valence-electron chi connectivity index (χ0n) is 14.0. The Morgan fingerprint density at radius 1 is 1.16 bits per heavy atom. The van der Waals surface area contributed by atoms with Gasteiger partial charge in [0.15, 0.2) is 5.16 Å². The maximum atomic E-state index is 12.5. The van der Waals surface area contributed by atoms with Crippen molar-refractivity contribution in [3.8, 4) is 0 Å². The van der Waals surface area contributed by atoms with Crippen LogP contribution >= 0.6 is 11.8 Å². The lowest BCUT2D eigenvalue weighted by atomic mass is 10.3. The molecular weight excluding hydrogens is 360 g/mol. The van der Waals surface area contributed by atoms with Crippen LogP contribution < -0.4 is 5.32 Å². The van der Waals surface area contributed by atoms with Gasteiger partial charge in [0.25, 0.3) is 0 Å². The number of nitrogens with one attached hydrogen (secondary N) is 1. The molecule has 0 bridgehead atoms. The quantitative estimate of drug-likeness (QED) is 0.558. The summed E-state index contributed by atoms with van der Waals surface area (Å²) < 4.78 is 26.4. The molecule has 2 rings (SSSR count). The van der Waals surface area contributed by atoms with Crippen LogP contribution in [0.1, 0.15) is 13.8 Å². The highest BCUT2D eigenvalue weighted by atomic mass is 32.2. The molecule has 0 atom stereocenters. The number of nitrogens with zero attached hydrogens (tertiary/aromatic N) is 3. The van der Waals surface area contributed by atoms with Crippen molar-refractivity contribution in [1.29, 1.82) is 0 Å². The molecule has 0 saturated carbocycles. The maximum absolute atomic E-state index is 12.5. The third kappa shape index (κ3) is 5.25. The van der Waals surface area contributed by atoms with Crippen molar-refractivity contribution in [2.75, 3.05) is 24.2 Å². The molecule has 25 heavy (non-hydrogen) atoms. The average molecular weight is 380 g/mol. The number of anilines is 1. The summed E-state index contributed by atoms with van der Waals surface area (Å²) in [5, 5.41) is 3.21. The number of thioether (sulfide) groups is 1. The molecule has 7 nitrogen and oxygen atoms in total. The third-order valence-corrected chi connectivity index (χ3v) is 6.26. The minimum atomic E-state index is -3.56. The second-order valence-electron chi connectivity index (χ2n) is 4.99. The van der Waals surface area contributed by atoms with Crippen LogP contribution in [0.15, 0.2) is 52.8 Å². The monoisotopic (exact) mass is 380 g/mol. The lowest BCUT2D eigenvalue weighted by molar-refractivity contribution is -0.113. The van der Waals surface area contributed by atoms with Gasteiger partial charge in [-0.05, 0) is 24.3 Å². The first-order chi connectivity index (χ1) is 12.0. The molecule has 1 N–H and O–H groups in total. The van der Waals surface area contributed by atoms with Gasteiger partial charge in [0.2, 0.25) is 15.9 Å². The highest BCUT2D eigenvalue weighted by Gasteiger charge is 2.21. The Hall–Kier alpha value is -1.97. The number of sulfonamides is 1. The summed E-state index contributed by atoms with van der Waals surface area (Å²) in [4.78, 5) is 20.3. The lowest BCUT2D eigenvalue weighted by Crippen LogP contribution is -2.30. The first kappa shape index (κ1) is 19.4. The van der Waals surface area contributed by atoms with E-state index >= 15 is 0 Å². The van der Waals surface area contributed by atoms with Crippen molar-refractivity contribution >= 4 is 33.4 Å². The Kier molecular flexibility index (Phi) is 6.91. The van der Waals surface area contributed by atoms with Crippen molar-refractivity contribution in [3.05, 3.63) is 42.7 Å². The molecule has 1 amide bonds. The Labute approximate surface area is 151 Å². The molecule has 0 aliphatic rings. The fourth-order valence-corrected chi connectivity index (χ4v) is 4.24. The molecule has 9 heteroatoms. The number of rotatable bonds is 8. The van der Waals surface area contributed by atoms with E-state index in [2.05, 4.69) is 15.3 Å². The van der Waals surface area contributed by atoms with Crippen molar-refractivity contribution in [1.82, 2.24) is 14.3 Å². The maximum Gasteiger partial charge on any atom is 0.243 e. The van der Waals surface area contributed by atoms with E-state index in [1.54, 1.807) is 44.4 Å². The summed E-state index contributed by atoms with van der Waals surface area (Å²) in [7, 11) is -3.56. The molecule has 1 aromatic carbocycles. The van der Waals surface area contributed by atoms with Gasteiger partial charge < -0.3 is 5.32 Å². The summed E-state index contributed by atoms with van der Waals surface area (Å²) >= 11 is 1.21. The van der Waals surface area contributed by atoms with E-state index in [0.717, 1.165) is 0 Å². The minimum absolute atomic E-state index is 0.136. The topological polar surface area (TPSA) is 92.3 Å². The molecular formula is C16H20N4O3S2. The predicted molar refractivity (Wildman–Crippen MR) is 97.9 cm³/mol. The van der Waals surface area contributed by atoms with Gasteiger partial charge >= 0.3 is 0 Å². The number of hydrogen-bond donors (Lipinski definition) is 1. The van der Waals surface area contributed by atoms with Crippen LogP contribution in [0.4, 0.5) is 5.69 Å². The van der Waals surface area contributed by atoms with E-state index in [1.165, 1.54) is 28.2 Å². The van der Waals surface area contributed by atoms with Gasteiger partial charge in [0.05, 0.1) is 10.6 Å². The Morgan fingerprint density at radius 2 is 1.84 bits per heavy atom.